The second-order valence-corrected chi connectivity index (χ2v) is 4.19. The maximum Gasteiger partial charge on any atom is 0.359 e. The Hall–Kier alpha value is -0.490. The molecule has 0 fully saturated rings. The first kappa shape index (κ1) is 12.5. The van der Waals surface area contributed by atoms with Gasteiger partial charge < -0.3 is 9.79 Å². The van der Waals surface area contributed by atoms with Crippen LogP contribution in [0.5, 0.6) is 0 Å². The third-order valence-corrected chi connectivity index (χ3v) is 2.30. The van der Waals surface area contributed by atoms with Gasteiger partial charge in [0.1, 0.15) is 0 Å². The van der Waals surface area contributed by atoms with Gasteiger partial charge in [-0.3, -0.25) is 14.6 Å². The van der Waals surface area contributed by atoms with Gasteiger partial charge in [-0.2, -0.15) is 0 Å². The molecule has 0 heterocycles. The van der Waals surface area contributed by atoms with Crippen LogP contribution in [0.25, 0.3) is 0 Å². The third kappa shape index (κ3) is 4.94. The number of rotatable bonds is 4. The van der Waals surface area contributed by atoms with Crippen LogP contribution in [-0.2, 0) is 9.36 Å². The van der Waals surface area contributed by atoms with E-state index in [9.17, 15) is 13.8 Å². The summed E-state index contributed by atoms with van der Waals surface area (Å²) in [7, 11) is -4.76. The van der Waals surface area contributed by atoms with E-state index in [1.807, 2.05) is 0 Å². The van der Waals surface area contributed by atoms with E-state index in [1.165, 1.54) is 0 Å². The molecule has 1 amide bonds. The Morgan fingerprint density at radius 1 is 1.62 bits per heavy atom. The molecule has 0 bridgehead atoms. The molecule has 0 aliphatic rings. The quantitative estimate of drug-likeness (QED) is 0.350. The number of nitrogens with zero attached hydrogens (tertiary/aromatic N) is 1. The van der Waals surface area contributed by atoms with Crippen molar-refractivity contribution in [3.05, 3.63) is 0 Å². The van der Waals surface area contributed by atoms with Crippen LogP contribution in [-0.4, -0.2) is 38.4 Å². The van der Waals surface area contributed by atoms with Crippen molar-refractivity contribution in [2.45, 2.75) is 19.3 Å². The van der Waals surface area contributed by atoms with Crippen molar-refractivity contribution < 1.29 is 28.7 Å². The molecule has 0 radical (unpaired) electrons. The first-order chi connectivity index (χ1) is 5.75. The highest BCUT2D eigenvalue weighted by atomic mass is 31.2. The zero-order chi connectivity index (χ0) is 10.6. The summed E-state index contributed by atoms with van der Waals surface area (Å²) in [6.07, 6.45) is -0.597. The van der Waals surface area contributed by atoms with Gasteiger partial charge >= 0.3 is 7.60 Å². The molecule has 1 unspecified atom stereocenters. The van der Waals surface area contributed by atoms with E-state index in [1.54, 1.807) is 0 Å². The van der Waals surface area contributed by atoms with Gasteiger partial charge in [0.2, 0.25) is 11.8 Å². The number of halogens is 1. The van der Waals surface area contributed by atoms with Crippen molar-refractivity contribution in [1.29, 1.82) is 0 Å². The summed E-state index contributed by atoms with van der Waals surface area (Å²) in [5, 5.41) is 8.90. The first-order valence-electron chi connectivity index (χ1n) is 3.41. The number of hydroxylamine groups is 2. The molecule has 1 atom stereocenters. The molecule has 13 heavy (non-hydrogen) atoms. The van der Waals surface area contributed by atoms with Crippen molar-refractivity contribution in [3.8, 4) is 0 Å². The lowest BCUT2D eigenvalue weighted by Crippen LogP contribution is -2.27. The molecule has 6 nitrogen and oxygen atoms in total. The van der Waals surface area contributed by atoms with Gasteiger partial charge in [0.15, 0.2) is 0 Å². The molecular weight excluding hydrogens is 204 g/mol. The average molecular weight is 215 g/mol. The lowest BCUT2D eigenvalue weighted by molar-refractivity contribution is -0.163. The van der Waals surface area contributed by atoms with E-state index >= 15 is 0 Å². The average Bonchev–Trinajstić information content (AvgIpc) is 1.97. The lowest BCUT2D eigenvalue weighted by Gasteiger charge is -2.14. The van der Waals surface area contributed by atoms with Gasteiger partial charge in [0.05, 0.1) is 6.54 Å². The zero-order valence-electron chi connectivity index (χ0n) is 6.92. The molecule has 0 saturated heterocycles. The number of amides is 1. The number of hydrogen-bond acceptors (Lipinski definition) is 3. The molecule has 0 aromatic heterocycles. The zero-order valence-corrected chi connectivity index (χ0v) is 7.82. The highest BCUT2D eigenvalue weighted by Crippen LogP contribution is 2.43. The summed E-state index contributed by atoms with van der Waals surface area (Å²) < 4.78 is 22.8. The SMILES string of the molecule is CC(=O)N(O)CCC(F)P(=O)(O)O. The van der Waals surface area contributed by atoms with Crippen LogP contribution in [0, 0.1) is 0 Å². The number of carbonyl (C=O) groups excluding carboxylic acids is 1. The first-order valence-corrected chi connectivity index (χ1v) is 5.09. The van der Waals surface area contributed by atoms with Crippen LogP contribution in [0.2, 0.25) is 0 Å². The Bertz CT molecular complexity index is 229. The molecule has 0 saturated carbocycles. The van der Waals surface area contributed by atoms with Gasteiger partial charge in [-0.1, -0.05) is 0 Å². The third-order valence-electron chi connectivity index (χ3n) is 1.31. The van der Waals surface area contributed by atoms with E-state index in [2.05, 4.69) is 0 Å². The summed E-state index contributed by atoms with van der Waals surface area (Å²) in [5.74, 6) is -3.06. The summed E-state index contributed by atoms with van der Waals surface area (Å²) in [6, 6.07) is 0. The van der Waals surface area contributed by atoms with Crippen LogP contribution in [0.3, 0.4) is 0 Å². The van der Waals surface area contributed by atoms with Crippen LogP contribution in [0.4, 0.5) is 4.39 Å². The lowest BCUT2D eigenvalue weighted by atomic mass is 10.4. The highest BCUT2D eigenvalue weighted by Gasteiger charge is 2.28. The molecule has 0 aromatic carbocycles. The maximum absolute atomic E-state index is 12.5. The summed E-state index contributed by atoms with van der Waals surface area (Å²) in [4.78, 5) is 26.9. The Balaban J connectivity index is 3.91. The minimum absolute atomic E-state index is 0.197. The normalized spacial score (nSPS) is 13.9. The summed E-state index contributed by atoms with van der Waals surface area (Å²) in [5.41, 5.74) is 0. The molecule has 0 aliphatic heterocycles. The minimum Gasteiger partial charge on any atom is -0.322 e. The molecule has 78 valence electrons. The molecule has 0 rings (SSSR count). The van der Waals surface area contributed by atoms with E-state index in [0.29, 0.717) is 0 Å². The topological polar surface area (TPSA) is 98.1 Å². The standard InChI is InChI=1S/C5H11FNO5P/c1-4(8)7(9)3-2-5(6)13(10,11)12/h5,9H,2-3H2,1H3,(H2,10,11,12). The van der Waals surface area contributed by atoms with Crippen molar-refractivity contribution in [1.82, 2.24) is 5.06 Å². The van der Waals surface area contributed by atoms with Gasteiger partial charge in [-0.25, -0.2) is 9.45 Å². The van der Waals surface area contributed by atoms with E-state index in [0.717, 1.165) is 6.92 Å². The van der Waals surface area contributed by atoms with Crippen molar-refractivity contribution >= 4 is 13.5 Å². The fourth-order valence-corrected chi connectivity index (χ4v) is 1.01. The maximum atomic E-state index is 12.5. The predicted octanol–water partition coefficient (Wildman–Crippen LogP) is 0.0875. The molecule has 0 spiro atoms. The Labute approximate surface area is 74.1 Å². The van der Waals surface area contributed by atoms with Crippen LogP contribution < -0.4 is 0 Å². The van der Waals surface area contributed by atoms with Crippen LogP contribution in [0.15, 0.2) is 0 Å². The number of hydrogen-bond donors (Lipinski definition) is 3. The van der Waals surface area contributed by atoms with Gasteiger partial charge in [-0.15, -0.1) is 0 Å². The second kappa shape index (κ2) is 4.66. The van der Waals surface area contributed by atoms with Gasteiger partial charge in [0, 0.05) is 13.3 Å². The van der Waals surface area contributed by atoms with Crippen LogP contribution in [0.1, 0.15) is 13.3 Å². The molecule has 3 N–H and O–H groups in total. The van der Waals surface area contributed by atoms with Crippen molar-refractivity contribution in [3.63, 3.8) is 0 Å². The van der Waals surface area contributed by atoms with Crippen molar-refractivity contribution in [2.24, 2.45) is 0 Å². The Morgan fingerprint density at radius 2 is 2.08 bits per heavy atom. The predicted molar refractivity (Wildman–Crippen MR) is 40.7 cm³/mol. The van der Waals surface area contributed by atoms with Gasteiger partial charge in [-0.05, 0) is 0 Å². The van der Waals surface area contributed by atoms with E-state index in [4.69, 9.17) is 15.0 Å². The molecule has 8 heteroatoms. The van der Waals surface area contributed by atoms with E-state index < -0.39 is 32.4 Å². The summed E-state index contributed by atoms with van der Waals surface area (Å²) >= 11 is 0. The smallest absolute Gasteiger partial charge is 0.322 e. The molecule has 0 aromatic rings. The fourth-order valence-electron chi connectivity index (χ4n) is 0.554. The highest BCUT2D eigenvalue weighted by molar-refractivity contribution is 7.52. The monoisotopic (exact) mass is 215 g/mol. The van der Waals surface area contributed by atoms with E-state index in [-0.39, 0.29) is 5.06 Å². The number of carbonyl (C=O) groups is 1. The minimum atomic E-state index is -4.76. The number of alkyl halides is 1. The fraction of sp³-hybridized carbons (Fsp3) is 0.800. The molecular formula is C5H11FNO5P. The largest absolute Gasteiger partial charge is 0.359 e. The Kier molecular flexibility index (Phi) is 4.49. The molecule has 0 aliphatic carbocycles. The summed E-state index contributed by atoms with van der Waals surface area (Å²) in [6.45, 7) is 0.604. The Morgan fingerprint density at radius 3 is 2.38 bits per heavy atom. The van der Waals surface area contributed by atoms with Gasteiger partial charge in [0.25, 0.3) is 0 Å². The second-order valence-electron chi connectivity index (χ2n) is 2.45. The van der Waals surface area contributed by atoms with Crippen molar-refractivity contribution in [2.75, 3.05) is 6.54 Å². The van der Waals surface area contributed by atoms with Crippen LogP contribution >= 0.6 is 7.60 Å².